The van der Waals surface area contributed by atoms with Gasteiger partial charge in [-0.25, -0.2) is 4.98 Å². The molecule has 2 aromatic rings. The van der Waals surface area contributed by atoms with Gasteiger partial charge in [0.2, 0.25) is 5.91 Å². The van der Waals surface area contributed by atoms with E-state index in [9.17, 15) is 4.79 Å². The highest BCUT2D eigenvalue weighted by atomic mass is 35.5. The smallest absolute Gasteiger partial charge is 0.224 e. The van der Waals surface area contributed by atoms with Crippen LogP contribution < -0.4 is 10.6 Å². The van der Waals surface area contributed by atoms with E-state index < -0.39 is 0 Å². The molecule has 0 spiro atoms. The Morgan fingerprint density at radius 2 is 1.96 bits per heavy atom. The number of hydrogen-bond donors (Lipinski definition) is 2. The molecule has 0 saturated heterocycles. The second-order valence-corrected chi connectivity index (χ2v) is 5.18. The summed E-state index contributed by atoms with van der Waals surface area (Å²) in [5.74, 6) is 0.0394. The molecule has 5 nitrogen and oxygen atoms in total. The lowest BCUT2D eigenvalue weighted by atomic mass is 10.1. The standard InChI is InChI=1S/C16H22N4O.2ClH/c1-13(9-17-2)16(21)19-10-14-5-3-4-6-15(14)11-20-8-7-18-12-20;;/h3-8,12-13,17H,9-11H2,1-2H3,(H,19,21);2*1H. The summed E-state index contributed by atoms with van der Waals surface area (Å²) in [6, 6.07) is 8.14. The number of imidazole rings is 1. The molecule has 1 aromatic heterocycles. The second-order valence-electron chi connectivity index (χ2n) is 5.18. The minimum atomic E-state index is -0.0317. The summed E-state index contributed by atoms with van der Waals surface area (Å²) in [4.78, 5) is 16.0. The van der Waals surface area contributed by atoms with Crippen molar-refractivity contribution in [1.82, 2.24) is 20.2 Å². The molecular weight excluding hydrogens is 335 g/mol. The van der Waals surface area contributed by atoms with Crippen molar-refractivity contribution in [1.29, 1.82) is 0 Å². The molecule has 1 atom stereocenters. The summed E-state index contributed by atoms with van der Waals surface area (Å²) >= 11 is 0. The summed E-state index contributed by atoms with van der Waals surface area (Å²) in [6.07, 6.45) is 5.50. The van der Waals surface area contributed by atoms with Crippen LogP contribution in [0.25, 0.3) is 0 Å². The van der Waals surface area contributed by atoms with Crippen LogP contribution in [0.1, 0.15) is 18.1 Å². The molecule has 0 bridgehead atoms. The van der Waals surface area contributed by atoms with Crippen LogP contribution in [0.5, 0.6) is 0 Å². The van der Waals surface area contributed by atoms with Crippen LogP contribution in [0, 0.1) is 5.92 Å². The van der Waals surface area contributed by atoms with Gasteiger partial charge in [-0.2, -0.15) is 0 Å². The zero-order chi connectivity index (χ0) is 15.1. The van der Waals surface area contributed by atoms with E-state index in [1.807, 2.05) is 36.9 Å². The van der Waals surface area contributed by atoms with Crippen molar-refractivity contribution in [2.24, 2.45) is 5.92 Å². The number of rotatable bonds is 7. The minimum absolute atomic E-state index is 0. The van der Waals surface area contributed by atoms with Crippen molar-refractivity contribution >= 4 is 30.7 Å². The topological polar surface area (TPSA) is 59.0 Å². The van der Waals surface area contributed by atoms with Crippen molar-refractivity contribution in [3.05, 3.63) is 54.1 Å². The Bertz CT molecular complexity index is 575. The van der Waals surface area contributed by atoms with Gasteiger partial charge >= 0.3 is 0 Å². The quantitative estimate of drug-likeness (QED) is 0.797. The molecule has 0 aliphatic heterocycles. The molecule has 2 rings (SSSR count). The number of hydrogen-bond acceptors (Lipinski definition) is 3. The largest absolute Gasteiger partial charge is 0.352 e. The lowest BCUT2D eigenvalue weighted by molar-refractivity contribution is -0.124. The summed E-state index contributed by atoms with van der Waals surface area (Å²) in [5.41, 5.74) is 2.33. The highest BCUT2D eigenvalue weighted by Gasteiger charge is 2.12. The fourth-order valence-electron chi connectivity index (χ4n) is 2.22. The summed E-state index contributed by atoms with van der Waals surface area (Å²) < 4.78 is 2.02. The van der Waals surface area contributed by atoms with Gasteiger partial charge in [-0.05, 0) is 18.2 Å². The zero-order valence-electron chi connectivity index (χ0n) is 13.4. The van der Waals surface area contributed by atoms with E-state index in [1.165, 1.54) is 5.56 Å². The number of nitrogens with one attached hydrogen (secondary N) is 2. The molecule has 0 aliphatic carbocycles. The Labute approximate surface area is 149 Å². The van der Waals surface area contributed by atoms with Crippen LogP contribution in [0.15, 0.2) is 43.0 Å². The van der Waals surface area contributed by atoms with E-state index in [1.54, 1.807) is 12.5 Å². The maximum Gasteiger partial charge on any atom is 0.224 e. The van der Waals surface area contributed by atoms with E-state index in [4.69, 9.17) is 0 Å². The fraction of sp³-hybridized carbons (Fsp3) is 0.375. The molecule has 0 aliphatic rings. The van der Waals surface area contributed by atoms with E-state index in [-0.39, 0.29) is 36.6 Å². The first kappa shape index (κ1) is 21.4. The van der Waals surface area contributed by atoms with Crippen molar-refractivity contribution in [3.63, 3.8) is 0 Å². The number of aromatic nitrogens is 2. The summed E-state index contributed by atoms with van der Waals surface area (Å²) in [5, 5.41) is 6.02. The number of carbonyl (C=O) groups excluding carboxylic acids is 1. The number of amides is 1. The number of halogens is 2. The third kappa shape index (κ3) is 6.60. The van der Waals surface area contributed by atoms with E-state index >= 15 is 0 Å². The Morgan fingerprint density at radius 1 is 1.26 bits per heavy atom. The van der Waals surface area contributed by atoms with Crippen molar-refractivity contribution < 1.29 is 4.79 Å². The molecule has 1 amide bonds. The van der Waals surface area contributed by atoms with Crippen LogP contribution in [-0.2, 0) is 17.9 Å². The number of benzene rings is 1. The molecule has 0 radical (unpaired) electrons. The Morgan fingerprint density at radius 3 is 2.57 bits per heavy atom. The van der Waals surface area contributed by atoms with Crippen molar-refractivity contribution in [2.75, 3.05) is 13.6 Å². The molecule has 7 heteroatoms. The number of nitrogens with zero attached hydrogens (tertiary/aromatic N) is 2. The van der Waals surface area contributed by atoms with E-state index in [0.717, 1.165) is 12.1 Å². The first-order chi connectivity index (χ1) is 10.2. The maximum absolute atomic E-state index is 12.0. The SMILES string of the molecule is CNCC(C)C(=O)NCc1ccccc1Cn1ccnc1.Cl.Cl. The van der Waals surface area contributed by atoms with Gasteiger partial charge in [-0.1, -0.05) is 31.2 Å². The Hall–Kier alpha value is -1.56. The summed E-state index contributed by atoms with van der Waals surface area (Å²) in [6.45, 7) is 3.92. The van der Waals surface area contributed by atoms with Gasteiger partial charge in [-0.3, -0.25) is 4.79 Å². The molecule has 0 saturated carbocycles. The lowest BCUT2D eigenvalue weighted by Crippen LogP contribution is -2.34. The molecule has 128 valence electrons. The molecule has 1 aromatic carbocycles. The number of carbonyl (C=O) groups is 1. The predicted octanol–water partition coefficient (Wildman–Crippen LogP) is 2.25. The van der Waals surface area contributed by atoms with Crippen molar-refractivity contribution in [3.8, 4) is 0 Å². The molecular formula is C16H24Cl2N4O. The van der Waals surface area contributed by atoms with Crippen LogP contribution in [0.4, 0.5) is 0 Å². The van der Waals surface area contributed by atoms with Gasteiger partial charge in [0.15, 0.2) is 0 Å². The van der Waals surface area contributed by atoms with Gasteiger partial charge < -0.3 is 15.2 Å². The zero-order valence-corrected chi connectivity index (χ0v) is 15.0. The van der Waals surface area contributed by atoms with Crippen LogP contribution >= 0.6 is 24.8 Å². The first-order valence-electron chi connectivity index (χ1n) is 7.15. The first-order valence-corrected chi connectivity index (χ1v) is 7.15. The average Bonchev–Trinajstić information content (AvgIpc) is 2.99. The van der Waals surface area contributed by atoms with Crippen LogP contribution in [-0.4, -0.2) is 29.1 Å². The third-order valence-electron chi connectivity index (χ3n) is 3.44. The molecule has 1 unspecified atom stereocenters. The highest BCUT2D eigenvalue weighted by Crippen LogP contribution is 2.10. The molecule has 23 heavy (non-hydrogen) atoms. The average molecular weight is 359 g/mol. The minimum Gasteiger partial charge on any atom is -0.352 e. The lowest BCUT2D eigenvalue weighted by Gasteiger charge is -2.14. The molecule has 0 fully saturated rings. The summed E-state index contributed by atoms with van der Waals surface area (Å²) in [7, 11) is 1.85. The molecule has 1 heterocycles. The fourth-order valence-corrected chi connectivity index (χ4v) is 2.22. The Kier molecular flexibility index (Phi) is 10.3. The van der Waals surface area contributed by atoms with Gasteiger partial charge in [0.05, 0.1) is 6.33 Å². The third-order valence-corrected chi connectivity index (χ3v) is 3.44. The van der Waals surface area contributed by atoms with Crippen molar-refractivity contribution in [2.45, 2.75) is 20.0 Å². The van der Waals surface area contributed by atoms with E-state index in [0.29, 0.717) is 13.1 Å². The maximum atomic E-state index is 12.0. The molecule has 2 N–H and O–H groups in total. The van der Waals surface area contributed by atoms with Crippen LogP contribution in [0.3, 0.4) is 0 Å². The van der Waals surface area contributed by atoms with Gasteiger partial charge in [0.25, 0.3) is 0 Å². The van der Waals surface area contributed by atoms with Gasteiger partial charge in [-0.15, -0.1) is 24.8 Å². The van der Waals surface area contributed by atoms with Gasteiger partial charge in [0, 0.05) is 37.9 Å². The van der Waals surface area contributed by atoms with Crippen LogP contribution in [0.2, 0.25) is 0 Å². The normalized spacial score (nSPS) is 11.0. The van der Waals surface area contributed by atoms with E-state index in [2.05, 4.69) is 27.8 Å². The Balaban J connectivity index is 0.00000242. The second kappa shape index (κ2) is 11.0. The highest BCUT2D eigenvalue weighted by molar-refractivity contribution is 5.85. The monoisotopic (exact) mass is 358 g/mol. The predicted molar refractivity (Wildman–Crippen MR) is 97.2 cm³/mol. The van der Waals surface area contributed by atoms with Gasteiger partial charge in [0.1, 0.15) is 0 Å².